The van der Waals surface area contributed by atoms with Gasteiger partial charge in [0.05, 0.1) is 11.1 Å². The minimum atomic E-state index is -0.527. The van der Waals surface area contributed by atoms with Crippen molar-refractivity contribution in [1.29, 1.82) is 0 Å². The Morgan fingerprint density at radius 2 is 2.24 bits per heavy atom. The van der Waals surface area contributed by atoms with Gasteiger partial charge >= 0.3 is 0 Å². The molecule has 0 atom stereocenters. The summed E-state index contributed by atoms with van der Waals surface area (Å²) in [5.74, 6) is -0.294. The number of nitrogens with one attached hydrogen (secondary N) is 1. The van der Waals surface area contributed by atoms with Crippen LogP contribution in [0, 0.1) is 5.41 Å². The number of amides is 1. The fourth-order valence-electron chi connectivity index (χ4n) is 1.35. The Kier molecular flexibility index (Phi) is 4.28. The van der Waals surface area contributed by atoms with Gasteiger partial charge in [-0.25, -0.2) is 0 Å². The molecule has 0 aromatic carbocycles. The van der Waals surface area contributed by atoms with Crippen molar-refractivity contribution in [2.75, 3.05) is 6.54 Å². The van der Waals surface area contributed by atoms with Gasteiger partial charge in [-0.05, 0) is 33.8 Å². The Labute approximate surface area is 102 Å². The van der Waals surface area contributed by atoms with E-state index in [0.717, 1.165) is 5.69 Å². The Morgan fingerprint density at radius 1 is 1.59 bits per heavy atom. The van der Waals surface area contributed by atoms with Crippen molar-refractivity contribution in [2.45, 2.75) is 40.3 Å². The minimum absolute atomic E-state index is 0.294. The van der Waals surface area contributed by atoms with Crippen LogP contribution in [0.1, 0.15) is 39.4 Å². The molecule has 5 nitrogen and oxygen atoms in total. The maximum absolute atomic E-state index is 11.1. The standard InChI is InChI=1S/C12H22N4O/c1-9(2)16-6-5-10(15-16)7-14-8-12(3,4)11(13)17/h5-6,9,14H,7-8H2,1-4H3,(H2,13,17). The second-order valence-electron chi connectivity index (χ2n) is 5.23. The van der Waals surface area contributed by atoms with Crippen molar-refractivity contribution < 1.29 is 4.79 Å². The number of hydrogen-bond donors (Lipinski definition) is 2. The van der Waals surface area contributed by atoms with E-state index in [1.807, 2.05) is 30.8 Å². The van der Waals surface area contributed by atoms with E-state index in [1.54, 1.807) is 0 Å². The van der Waals surface area contributed by atoms with Crippen LogP contribution in [0.25, 0.3) is 0 Å². The molecule has 0 spiro atoms. The Morgan fingerprint density at radius 3 is 2.71 bits per heavy atom. The molecule has 0 aliphatic rings. The molecule has 1 aromatic heterocycles. The maximum Gasteiger partial charge on any atom is 0.224 e. The third kappa shape index (κ3) is 3.85. The third-order valence-corrected chi connectivity index (χ3v) is 2.73. The van der Waals surface area contributed by atoms with Crippen molar-refractivity contribution in [1.82, 2.24) is 15.1 Å². The lowest BCUT2D eigenvalue weighted by Crippen LogP contribution is -2.40. The van der Waals surface area contributed by atoms with Crippen LogP contribution in [-0.4, -0.2) is 22.2 Å². The topological polar surface area (TPSA) is 72.9 Å². The van der Waals surface area contributed by atoms with Crippen LogP contribution in [-0.2, 0) is 11.3 Å². The zero-order valence-corrected chi connectivity index (χ0v) is 11.0. The summed E-state index contributed by atoms with van der Waals surface area (Å²) in [5, 5.41) is 7.61. The zero-order valence-electron chi connectivity index (χ0n) is 11.0. The van der Waals surface area contributed by atoms with Gasteiger partial charge in [0.2, 0.25) is 5.91 Å². The molecule has 0 saturated heterocycles. The molecule has 17 heavy (non-hydrogen) atoms. The summed E-state index contributed by atoms with van der Waals surface area (Å²) >= 11 is 0. The van der Waals surface area contributed by atoms with Gasteiger partial charge in [-0.2, -0.15) is 5.10 Å². The third-order valence-electron chi connectivity index (χ3n) is 2.73. The summed E-state index contributed by atoms with van der Waals surface area (Å²) in [6, 6.07) is 2.34. The first-order valence-electron chi connectivity index (χ1n) is 5.87. The fourth-order valence-corrected chi connectivity index (χ4v) is 1.35. The van der Waals surface area contributed by atoms with Crippen LogP contribution >= 0.6 is 0 Å². The minimum Gasteiger partial charge on any atom is -0.369 e. The predicted molar refractivity (Wildman–Crippen MR) is 67.3 cm³/mol. The number of hydrogen-bond acceptors (Lipinski definition) is 3. The molecule has 0 radical (unpaired) electrons. The highest BCUT2D eigenvalue weighted by atomic mass is 16.1. The first kappa shape index (κ1) is 13.7. The maximum atomic E-state index is 11.1. The lowest BCUT2D eigenvalue weighted by Gasteiger charge is -2.20. The van der Waals surface area contributed by atoms with Gasteiger partial charge in [-0.15, -0.1) is 0 Å². The molecule has 96 valence electrons. The predicted octanol–water partition coefficient (Wildman–Crippen LogP) is 1.07. The van der Waals surface area contributed by atoms with Crippen molar-refractivity contribution in [3.8, 4) is 0 Å². The quantitative estimate of drug-likeness (QED) is 0.778. The number of nitrogens with zero attached hydrogens (tertiary/aromatic N) is 2. The van der Waals surface area contributed by atoms with Gasteiger partial charge < -0.3 is 11.1 Å². The number of carbonyl (C=O) groups is 1. The molecule has 1 heterocycles. The van der Waals surface area contributed by atoms with Gasteiger partial charge in [-0.1, -0.05) is 0 Å². The molecule has 0 aliphatic heterocycles. The monoisotopic (exact) mass is 238 g/mol. The molecule has 1 aromatic rings. The average Bonchev–Trinajstić information content (AvgIpc) is 2.66. The van der Waals surface area contributed by atoms with Gasteiger partial charge in [0.25, 0.3) is 0 Å². The Balaban J connectivity index is 2.43. The molecule has 3 N–H and O–H groups in total. The fraction of sp³-hybridized carbons (Fsp3) is 0.667. The second kappa shape index (κ2) is 5.31. The number of carbonyl (C=O) groups excluding carboxylic acids is 1. The molecule has 5 heteroatoms. The van der Waals surface area contributed by atoms with Crippen molar-refractivity contribution in [2.24, 2.45) is 11.1 Å². The number of nitrogens with two attached hydrogens (primary N) is 1. The number of rotatable bonds is 6. The Bertz CT molecular complexity index is 382. The van der Waals surface area contributed by atoms with Gasteiger partial charge in [-0.3, -0.25) is 9.48 Å². The van der Waals surface area contributed by atoms with Crippen molar-refractivity contribution in [3.05, 3.63) is 18.0 Å². The molecule has 0 unspecified atom stereocenters. The number of aromatic nitrogens is 2. The summed E-state index contributed by atoms with van der Waals surface area (Å²) in [6.45, 7) is 9.03. The molecule has 0 aliphatic carbocycles. The van der Waals surface area contributed by atoms with Gasteiger partial charge in [0.15, 0.2) is 0 Å². The van der Waals surface area contributed by atoms with Crippen LogP contribution in [0.5, 0.6) is 0 Å². The first-order valence-corrected chi connectivity index (χ1v) is 5.87. The zero-order chi connectivity index (χ0) is 13.1. The highest BCUT2D eigenvalue weighted by Gasteiger charge is 2.24. The summed E-state index contributed by atoms with van der Waals surface area (Å²) in [5.41, 5.74) is 5.74. The lowest BCUT2D eigenvalue weighted by molar-refractivity contribution is -0.125. The number of primary amides is 1. The lowest BCUT2D eigenvalue weighted by atomic mass is 9.93. The summed E-state index contributed by atoms with van der Waals surface area (Å²) in [7, 11) is 0. The van der Waals surface area contributed by atoms with E-state index in [-0.39, 0.29) is 5.91 Å². The highest BCUT2D eigenvalue weighted by Crippen LogP contribution is 2.12. The molecule has 0 saturated carbocycles. The molecule has 0 bridgehead atoms. The highest BCUT2D eigenvalue weighted by molar-refractivity contribution is 5.80. The average molecular weight is 238 g/mol. The normalized spacial score (nSPS) is 12.1. The van der Waals surface area contributed by atoms with Gasteiger partial charge in [0, 0.05) is 25.3 Å². The van der Waals surface area contributed by atoms with Crippen molar-refractivity contribution >= 4 is 5.91 Å². The van der Waals surface area contributed by atoms with E-state index in [2.05, 4.69) is 24.3 Å². The molecular formula is C12H22N4O. The van der Waals surface area contributed by atoms with Crippen LogP contribution in [0.15, 0.2) is 12.3 Å². The van der Waals surface area contributed by atoms with Crippen LogP contribution in [0.3, 0.4) is 0 Å². The van der Waals surface area contributed by atoms with E-state index in [1.165, 1.54) is 0 Å². The smallest absolute Gasteiger partial charge is 0.224 e. The van der Waals surface area contributed by atoms with Crippen LogP contribution in [0.2, 0.25) is 0 Å². The Hall–Kier alpha value is -1.36. The molecule has 1 rings (SSSR count). The van der Waals surface area contributed by atoms with Gasteiger partial charge in [0.1, 0.15) is 0 Å². The summed E-state index contributed by atoms with van der Waals surface area (Å²) in [6.07, 6.45) is 1.96. The van der Waals surface area contributed by atoms with E-state index in [9.17, 15) is 4.79 Å². The molecule has 0 fully saturated rings. The molecular weight excluding hydrogens is 216 g/mol. The summed E-state index contributed by atoms with van der Waals surface area (Å²) in [4.78, 5) is 11.1. The molecule has 1 amide bonds. The summed E-state index contributed by atoms with van der Waals surface area (Å²) < 4.78 is 1.91. The SMILES string of the molecule is CC(C)n1ccc(CNCC(C)(C)C(N)=O)n1. The van der Waals surface area contributed by atoms with E-state index >= 15 is 0 Å². The van der Waals surface area contributed by atoms with Crippen LogP contribution < -0.4 is 11.1 Å². The van der Waals surface area contributed by atoms with E-state index < -0.39 is 5.41 Å². The second-order valence-corrected chi connectivity index (χ2v) is 5.23. The first-order chi connectivity index (χ1) is 7.83. The van der Waals surface area contributed by atoms with Crippen LogP contribution in [0.4, 0.5) is 0 Å². The van der Waals surface area contributed by atoms with E-state index in [0.29, 0.717) is 19.1 Å². The van der Waals surface area contributed by atoms with E-state index in [4.69, 9.17) is 5.73 Å². The van der Waals surface area contributed by atoms with Crippen molar-refractivity contribution in [3.63, 3.8) is 0 Å². The largest absolute Gasteiger partial charge is 0.369 e.